The summed E-state index contributed by atoms with van der Waals surface area (Å²) in [6.45, 7) is 3.41. The smallest absolute Gasteiger partial charge is 0.246 e. The summed E-state index contributed by atoms with van der Waals surface area (Å²) in [6, 6.07) is 12.9. The standard InChI is InChI=1S/C20H21ClN4O4S/c1-13-6-4-7-15(10-13)19-23-18(29-24-19)12-22-20(26)14(2)25(30(3,27)28)17-9-5-8-16(21)11-17/h4-11,14H,12H2,1-3H3,(H,22,26). The van der Waals surface area contributed by atoms with Crippen molar-refractivity contribution in [3.63, 3.8) is 0 Å². The summed E-state index contributed by atoms with van der Waals surface area (Å²) >= 11 is 5.98. The minimum absolute atomic E-state index is 0.0326. The van der Waals surface area contributed by atoms with Crippen LogP contribution in [0.3, 0.4) is 0 Å². The maximum absolute atomic E-state index is 12.6. The Morgan fingerprint density at radius 3 is 2.63 bits per heavy atom. The Morgan fingerprint density at radius 2 is 1.97 bits per heavy atom. The first-order valence-corrected chi connectivity index (χ1v) is 11.3. The number of nitrogens with zero attached hydrogens (tertiary/aromatic N) is 3. The SMILES string of the molecule is Cc1cccc(-c2noc(CNC(=O)C(C)N(c3cccc(Cl)c3)S(C)(=O)=O)n2)c1. The summed E-state index contributed by atoms with van der Waals surface area (Å²) in [7, 11) is -3.74. The highest BCUT2D eigenvalue weighted by Crippen LogP contribution is 2.24. The van der Waals surface area contributed by atoms with E-state index in [4.69, 9.17) is 16.1 Å². The van der Waals surface area contributed by atoms with Gasteiger partial charge in [0.25, 0.3) is 0 Å². The van der Waals surface area contributed by atoms with E-state index in [1.165, 1.54) is 13.0 Å². The van der Waals surface area contributed by atoms with Gasteiger partial charge in [-0.2, -0.15) is 4.98 Å². The van der Waals surface area contributed by atoms with E-state index in [0.717, 1.165) is 21.7 Å². The van der Waals surface area contributed by atoms with Gasteiger partial charge in [0.1, 0.15) is 6.04 Å². The first-order chi connectivity index (χ1) is 14.1. The van der Waals surface area contributed by atoms with Crippen LogP contribution in [0.1, 0.15) is 18.4 Å². The van der Waals surface area contributed by atoms with Gasteiger partial charge in [-0.25, -0.2) is 8.42 Å². The molecular formula is C20H21ClN4O4S. The minimum atomic E-state index is -3.74. The van der Waals surface area contributed by atoms with E-state index in [9.17, 15) is 13.2 Å². The van der Waals surface area contributed by atoms with Crippen LogP contribution < -0.4 is 9.62 Å². The topological polar surface area (TPSA) is 105 Å². The fourth-order valence-corrected chi connectivity index (χ4v) is 4.31. The molecule has 1 unspecified atom stereocenters. The van der Waals surface area contributed by atoms with Crippen molar-refractivity contribution < 1.29 is 17.7 Å². The highest BCUT2D eigenvalue weighted by molar-refractivity contribution is 7.92. The zero-order chi connectivity index (χ0) is 21.9. The van der Waals surface area contributed by atoms with Crippen molar-refractivity contribution in [3.05, 3.63) is 65.0 Å². The van der Waals surface area contributed by atoms with Gasteiger partial charge < -0.3 is 9.84 Å². The van der Waals surface area contributed by atoms with Crippen LogP contribution in [0.2, 0.25) is 5.02 Å². The number of sulfonamides is 1. The molecule has 8 nitrogen and oxygen atoms in total. The van der Waals surface area contributed by atoms with Crippen molar-refractivity contribution in [2.24, 2.45) is 0 Å². The van der Waals surface area contributed by atoms with Crippen LogP contribution in [0.25, 0.3) is 11.4 Å². The second-order valence-electron chi connectivity index (χ2n) is 6.81. The van der Waals surface area contributed by atoms with Crippen molar-refractivity contribution in [2.75, 3.05) is 10.6 Å². The first kappa shape index (κ1) is 21.8. The number of anilines is 1. The lowest BCUT2D eigenvalue weighted by Crippen LogP contribution is -2.47. The number of amides is 1. The Hall–Kier alpha value is -2.91. The lowest BCUT2D eigenvalue weighted by atomic mass is 10.1. The van der Waals surface area contributed by atoms with Gasteiger partial charge in [0.15, 0.2) is 0 Å². The Kier molecular flexibility index (Phi) is 6.42. The molecule has 2 aromatic carbocycles. The summed E-state index contributed by atoms with van der Waals surface area (Å²) in [4.78, 5) is 16.9. The number of aryl methyl sites for hydroxylation is 1. The molecule has 1 atom stereocenters. The van der Waals surface area contributed by atoms with Gasteiger partial charge in [-0.05, 0) is 38.1 Å². The number of aromatic nitrogens is 2. The molecule has 1 heterocycles. The van der Waals surface area contributed by atoms with Crippen molar-refractivity contribution >= 4 is 33.2 Å². The van der Waals surface area contributed by atoms with Gasteiger partial charge in [-0.3, -0.25) is 9.10 Å². The lowest BCUT2D eigenvalue weighted by Gasteiger charge is -2.28. The number of halogens is 1. The van der Waals surface area contributed by atoms with Gasteiger partial charge in [-0.1, -0.05) is 46.6 Å². The lowest BCUT2D eigenvalue weighted by molar-refractivity contribution is -0.122. The quantitative estimate of drug-likeness (QED) is 0.595. The Labute approximate surface area is 179 Å². The fourth-order valence-electron chi connectivity index (χ4n) is 2.96. The van der Waals surface area contributed by atoms with E-state index in [1.807, 2.05) is 31.2 Å². The van der Waals surface area contributed by atoms with Gasteiger partial charge in [0, 0.05) is 10.6 Å². The zero-order valence-corrected chi connectivity index (χ0v) is 18.2. The molecule has 0 aliphatic carbocycles. The van der Waals surface area contributed by atoms with Crippen LogP contribution in [0.4, 0.5) is 5.69 Å². The van der Waals surface area contributed by atoms with E-state index < -0.39 is 22.0 Å². The average Bonchev–Trinajstić information content (AvgIpc) is 3.14. The van der Waals surface area contributed by atoms with Crippen LogP contribution in [-0.4, -0.2) is 36.8 Å². The van der Waals surface area contributed by atoms with Gasteiger partial charge >= 0.3 is 0 Å². The number of nitrogens with one attached hydrogen (secondary N) is 1. The summed E-state index contributed by atoms with van der Waals surface area (Å²) in [6.07, 6.45) is 1.03. The summed E-state index contributed by atoms with van der Waals surface area (Å²) in [5.74, 6) is 0.101. The monoisotopic (exact) mass is 448 g/mol. The molecule has 3 aromatic rings. The average molecular weight is 449 g/mol. The Morgan fingerprint density at radius 1 is 1.23 bits per heavy atom. The molecule has 1 N–H and O–H groups in total. The number of carbonyl (C=O) groups excluding carboxylic acids is 1. The molecule has 0 aliphatic heterocycles. The molecule has 0 saturated carbocycles. The third-order valence-electron chi connectivity index (χ3n) is 4.31. The molecule has 0 fully saturated rings. The number of hydrogen-bond acceptors (Lipinski definition) is 6. The molecule has 30 heavy (non-hydrogen) atoms. The number of benzene rings is 2. The maximum atomic E-state index is 12.6. The molecule has 158 valence electrons. The molecule has 0 radical (unpaired) electrons. The van der Waals surface area contributed by atoms with E-state index in [-0.39, 0.29) is 12.4 Å². The van der Waals surface area contributed by atoms with Crippen LogP contribution in [0.15, 0.2) is 53.1 Å². The molecule has 10 heteroatoms. The molecule has 0 aliphatic rings. The number of carbonyl (C=O) groups is 1. The Bertz CT molecular complexity index is 1160. The second-order valence-corrected chi connectivity index (χ2v) is 9.11. The molecule has 1 amide bonds. The van der Waals surface area contributed by atoms with Crippen molar-refractivity contribution in [1.82, 2.24) is 15.5 Å². The Balaban J connectivity index is 1.72. The summed E-state index contributed by atoms with van der Waals surface area (Å²) in [5.41, 5.74) is 2.16. The normalized spacial score (nSPS) is 12.4. The van der Waals surface area contributed by atoms with E-state index in [2.05, 4.69) is 15.5 Å². The van der Waals surface area contributed by atoms with Crippen LogP contribution >= 0.6 is 11.6 Å². The highest BCUT2D eigenvalue weighted by atomic mass is 35.5. The first-order valence-electron chi connectivity index (χ1n) is 9.07. The predicted octanol–water partition coefficient (Wildman–Crippen LogP) is 3.17. The predicted molar refractivity (Wildman–Crippen MR) is 115 cm³/mol. The minimum Gasteiger partial charge on any atom is -0.345 e. The summed E-state index contributed by atoms with van der Waals surface area (Å²) in [5, 5.41) is 6.93. The van der Waals surface area contributed by atoms with Crippen molar-refractivity contribution in [1.29, 1.82) is 0 Å². The van der Waals surface area contributed by atoms with Crippen molar-refractivity contribution in [3.8, 4) is 11.4 Å². The number of rotatable bonds is 7. The number of hydrogen-bond donors (Lipinski definition) is 1. The van der Waals surface area contributed by atoms with Gasteiger partial charge in [0.05, 0.1) is 18.5 Å². The third kappa shape index (κ3) is 5.17. The van der Waals surface area contributed by atoms with Crippen molar-refractivity contribution in [2.45, 2.75) is 26.4 Å². The molecule has 0 saturated heterocycles. The fraction of sp³-hybridized carbons (Fsp3) is 0.250. The largest absolute Gasteiger partial charge is 0.345 e. The molecule has 0 bridgehead atoms. The third-order valence-corrected chi connectivity index (χ3v) is 5.79. The molecule has 3 rings (SSSR count). The van der Waals surface area contributed by atoms with E-state index in [0.29, 0.717) is 16.5 Å². The molecule has 1 aromatic heterocycles. The maximum Gasteiger partial charge on any atom is 0.246 e. The van der Waals surface area contributed by atoms with E-state index in [1.54, 1.807) is 18.2 Å². The van der Waals surface area contributed by atoms with Crippen LogP contribution in [0.5, 0.6) is 0 Å². The zero-order valence-electron chi connectivity index (χ0n) is 16.7. The van der Waals surface area contributed by atoms with Gasteiger partial charge in [-0.15, -0.1) is 0 Å². The van der Waals surface area contributed by atoms with E-state index >= 15 is 0 Å². The van der Waals surface area contributed by atoms with Crippen LogP contribution in [0, 0.1) is 6.92 Å². The highest BCUT2D eigenvalue weighted by Gasteiger charge is 2.29. The second kappa shape index (κ2) is 8.85. The molecule has 0 spiro atoms. The van der Waals surface area contributed by atoms with Gasteiger partial charge in [0.2, 0.25) is 27.6 Å². The summed E-state index contributed by atoms with van der Waals surface area (Å²) < 4.78 is 30.8. The van der Waals surface area contributed by atoms with Crippen LogP contribution in [-0.2, 0) is 21.4 Å². The molecular weight excluding hydrogens is 428 g/mol.